The fraction of sp³-hybridized carbons (Fsp3) is 0.500. The van der Waals surface area contributed by atoms with E-state index in [9.17, 15) is 4.79 Å². The van der Waals surface area contributed by atoms with Crippen LogP contribution in [0.2, 0.25) is 0 Å². The molecule has 18 heavy (non-hydrogen) atoms. The summed E-state index contributed by atoms with van der Waals surface area (Å²) in [6.07, 6.45) is 0.868. The van der Waals surface area contributed by atoms with Crippen molar-refractivity contribution in [2.75, 3.05) is 14.2 Å². The summed E-state index contributed by atoms with van der Waals surface area (Å²) in [5, 5.41) is 8.94. The van der Waals surface area contributed by atoms with Crippen LogP contribution in [0.15, 0.2) is 12.1 Å². The molecule has 0 saturated heterocycles. The normalized spacial score (nSPS) is 12.0. The van der Waals surface area contributed by atoms with Gasteiger partial charge >= 0.3 is 5.97 Å². The maximum atomic E-state index is 10.9. The van der Waals surface area contributed by atoms with Gasteiger partial charge in [-0.25, -0.2) is 0 Å². The molecule has 0 bridgehead atoms. The molecule has 0 aliphatic rings. The van der Waals surface area contributed by atoms with Crippen molar-refractivity contribution in [1.82, 2.24) is 0 Å². The van der Waals surface area contributed by atoms with Crippen LogP contribution >= 0.6 is 0 Å². The number of benzene rings is 1. The van der Waals surface area contributed by atoms with Crippen LogP contribution in [0.1, 0.15) is 36.8 Å². The number of ether oxygens (including phenoxy) is 2. The molecule has 4 heteroatoms. The first-order chi connectivity index (χ1) is 8.54. The van der Waals surface area contributed by atoms with Gasteiger partial charge in [0.2, 0.25) is 0 Å². The van der Waals surface area contributed by atoms with E-state index >= 15 is 0 Å². The third-order valence-corrected chi connectivity index (χ3v) is 3.16. The second-order valence-corrected chi connectivity index (χ2v) is 4.22. The van der Waals surface area contributed by atoms with Crippen molar-refractivity contribution in [3.63, 3.8) is 0 Å². The minimum absolute atomic E-state index is 0.0398. The average molecular weight is 252 g/mol. The van der Waals surface area contributed by atoms with Gasteiger partial charge in [-0.3, -0.25) is 4.79 Å². The molecular formula is C14H20O4. The van der Waals surface area contributed by atoms with E-state index in [-0.39, 0.29) is 12.3 Å². The average Bonchev–Trinajstić information content (AvgIpc) is 2.35. The van der Waals surface area contributed by atoms with E-state index in [0.717, 1.165) is 29.0 Å². The van der Waals surface area contributed by atoms with E-state index in [0.29, 0.717) is 0 Å². The minimum Gasteiger partial charge on any atom is -0.496 e. The lowest BCUT2D eigenvalue weighted by atomic mass is 9.91. The van der Waals surface area contributed by atoms with Crippen molar-refractivity contribution in [1.29, 1.82) is 0 Å². The predicted molar refractivity (Wildman–Crippen MR) is 69.6 cm³/mol. The molecule has 0 saturated carbocycles. The highest BCUT2D eigenvalue weighted by Crippen LogP contribution is 2.37. The van der Waals surface area contributed by atoms with Gasteiger partial charge in [-0.1, -0.05) is 13.0 Å². The summed E-state index contributed by atoms with van der Waals surface area (Å²) in [5.41, 5.74) is 1.84. The number of hydrogen-bond acceptors (Lipinski definition) is 3. The van der Waals surface area contributed by atoms with Gasteiger partial charge in [-0.15, -0.1) is 0 Å². The molecule has 1 aromatic carbocycles. The van der Waals surface area contributed by atoms with Crippen molar-refractivity contribution in [3.8, 4) is 11.5 Å². The van der Waals surface area contributed by atoms with Crippen molar-refractivity contribution < 1.29 is 19.4 Å². The lowest BCUT2D eigenvalue weighted by molar-refractivity contribution is -0.137. The fourth-order valence-corrected chi connectivity index (χ4v) is 2.19. The third-order valence-electron chi connectivity index (χ3n) is 3.16. The van der Waals surface area contributed by atoms with Gasteiger partial charge < -0.3 is 14.6 Å². The molecule has 0 spiro atoms. The van der Waals surface area contributed by atoms with Gasteiger partial charge in [0.05, 0.1) is 20.6 Å². The number of aliphatic carboxylic acids is 1. The Morgan fingerprint density at radius 2 is 2.00 bits per heavy atom. The summed E-state index contributed by atoms with van der Waals surface area (Å²) in [7, 11) is 3.20. The SMILES string of the molecule is CCC(CC(=O)O)c1ccc(OC)c(C)c1OC. The van der Waals surface area contributed by atoms with Crippen LogP contribution in [0.4, 0.5) is 0 Å². The maximum absolute atomic E-state index is 10.9. The van der Waals surface area contributed by atoms with E-state index in [4.69, 9.17) is 14.6 Å². The van der Waals surface area contributed by atoms with Gasteiger partial charge in [0.25, 0.3) is 0 Å². The van der Waals surface area contributed by atoms with Crippen LogP contribution in [0.25, 0.3) is 0 Å². The number of rotatable bonds is 6. The summed E-state index contributed by atoms with van der Waals surface area (Å²) >= 11 is 0. The second-order valence-electron chi connectivity index (χ2n) is 4.22. The molecule has 0 amide bonds. The lowest BCUT2D eigenvalue weighted by Crippen LogP contribution is -2.08. The molecule has 0 aliphatic heterocycles. The van der Waals surface area contributed by atoms with E-state index < -0.39 is 5.97 Å². The molecule has 1 N–H and O–H groups in total. The molecule has 0 radical (unpaired) electrons. The Hall–Kier alpha value is -1.71. The van der Waals surface area contributed by atoms with E-state index in [1.54, 1.807) is 14.2 Å². The molecule has 4 nitrogen and oxygen atoms in total. The Kier molecular flexibility index (Phi) is 5.01. The third kappa shape index (κ3) is 2.94. The first kappa shape index (κ1) is 14.4. The van der Waals surface area contributed by atoms with E-state index in [1.165, 1.54) is 0 Å². The second kappa shape index (κ2) is 6.28. The first-order valence-electron chi connectivity index (χ1n) is 5.98. The molecule has 1 unspecified atom stereocenters. The highest BCUT2D eigenvalue weighted by Gasteiger charge is 2.20. The number of carbonyl (C=O) groups is 1. The summed E-state index contributed by atoms with van der Waals surface area (Å²) in [6, 6.07) is 3.75. The minimum atomic E-state index is -0.794. The van der Waals surface area contributed by atoms with Gasteiger partial charge in [0.1, 0.15) is 11.5 Å². The summed E-state index contributed by atoms with van der Waals surface area (Å²) in [4.78, 5) is 10.9. The molecule has 0 heterocycles. The topological polar surface area (TPSA) is 55.8 Å². The van der Waals surface area contributed by atoms with Crippen LogP contribution in [-0.2, 0) is 4.79 Å². The summed E-state index contributed by atoms with van der Waals surface area (Å²) < 4.78 is 10.7. The maximum Gasteiger partial charge on any atom is 0.303 e. The number of carboxylic acids is 1. The Labute approximate surface area is 108 Å². The monoisotopic (exact) mass is 252 g/mol. The molecule has 1 aromatic rings. The van der Waals surface area contributed by atoms with Gasteiger partial charge in [-0.05, 0) is 30.9 Å². The molecule has 0 aromatic heterocycles. The van der Waals surface area contributed by atoms with Crippen LogP contribution < -0.4 is 9.47 Å². The van der Waals surface area contributed by atoms with Crippen molar-refractivity contribution in [3.05, 3.63) is 23.3 Å². The Morgan fingerprint density at radius 1 is 1.33 bits per heavy atom. The number of hydrogen-bond donors (Lipinski definition) is 1. The van der Waals surface area contributed by atoms with Crippen molar-refractivity contribution in [2.24, 2.45) is 0 Å². The Bertz CT molecular complexity index is 426. The first-order valence-corrected chi connectivity index (χ1v) is 5.98. The van der Waals surface area contributed by atoms with Crippen molar-refractivity contribution >= 4 is 5.97 Å². The Morgan fingerprint density at radius 3 is 2.44 bits per heavy atom. The molecule has 1 rings (SSSR count). The zero-order valence-corrected chi connectivity index (χ0v) is 11.3. The highest BCUT2D eigenvalue weighted by atomic mass is 16.5. The standard InChI is InChI=1S/C14H20O4/c1-5-10(8-13(15)16)11-6-7-12(17-3)9(2)14(11)18-4/h6-7,10H,5,8H2,1-4H3,(H,15,16). The highest BCUT2D eigenvalue weighted by molar-refractivity contribution is 5.68. The Balaban J connectivity index is 3.22. The largest absolute Gasteiger partial charge is 0.496 e. The van der Waals surface area contributed by atoms with Gasteiger partial charge in [0.15, 0.2) is 0 Å². The van der Waals surface area contributed by atoms with E-state index in [1.807, 2.05) is 26.0 Å². The number of methoxy groups -OCH3 is 2. The predicted octanol–water partition coefficient (Wildman–Crippen LogP) is 2.98. The zero-order chi connectivity index (χ0) is 13.7. The smallest absolute Gasteiger partial charge is 0.303 e. The lowest BCUT2D eigenvalue weighted by Gasteiger charge is -2.19. The molecular weight excluding hydrogens is 232 g/mol. The van der Waals surface area contributed by atoms with Crippen LogP contribution in [-0.4, -0.2) is 25.3 Å². The summed E-state index contributed by atoms with van der Waals surface area (Å²) in [5.74, 6) is 0.641. The van der Waals surface area contributed by atoms with Crippen LogP contribution in [0, 0.1) is 6.92 Å². The number of carboxylic acid groups (broad SMARTS) is 1. The van der Waals surface area contributed by atoms with Crippen LogP contribution in [0.5, 0.6) is 11.5 Å². The quantitative estimate of drug-likeness (QED) is 0.845. The van der Waals surface area contributed by atoms with Crippen LogP contribution in [0.3, 0.4) is 0 Å². The molecule has 0 aliphatic carbocycles. The molecule has 0 fully saturated rings. The van der Waals surface area contributed by atoms with Gasteiger partial charge in [-0.2, -0.15) is 0 Å². The van der Waals surface area contributed by atoms with Crippen molar-refractivity contribution in [2.45, 2.75) is 32.6 Å². The summed E-state index contributed by atoms with van der Waals surface area (Å²) in [6.45, 7) is 3.89. The zero-order valence-electron chi connectivity index (χ0n) is 11.3. The fourth-order valence-electron chi connectivity index (χ4n) is 2.19. The van der Waals surface area contributed by atoms with E-state index in [2.05, 4.69) is 0 Å². The molecule has 100 valence electrons. The van der Waals surface area contributed by atoms with Gasteiger partial charge in [0, 0.05) is 5.56 Å². The molecule has 1 atom stereocenters.